The van der Waals surface area contributed by atoms with E-state index in [4.69, 9.17) is 14.2 Å². The summed E-state index contributed by atoms with van der Waals surface area (Å²) in [6.07, 6.45) is 0.477. The SMILES string of the molecule is COc1cc2ccc1CNC(=O)COc1cc(ccc1C)C(=O)N[C@H]1CN(S(=O)(=O)c3ccc4c(c3)CCC(=O)N4)CC[C@H]1O2. The molecule has 2 atom stereocenters. The molecule has 12 nitrogen and oxygen atoms in total. The fourth-order valence-electron chi connectivity index (χ4n) is 5.72. The lowest BCUT2D eigenvalue weighted by molar-refractivity contribution is -0.123. The van der Waals surface area contributed by atoms with Crippen molar-refractivity contribution in [1.82, 2.24) is 14.9 Å². The van der Waals surface area contributed by atoms with Crippen molar-refractivity contribution in [1.29, 1.82) is 0 Å². The fourth-order valence-corrected chi connectivity index (χ4v) is 7.26. The third kappa shape index (κ3) is 6.45. The number of hydrogen-bond acceptors (Lipinski definition) is 8. The summed E-state index contributed by atoms with van der Waals surface area (Å²) in [6.45, 7) is 1.90. The number of aryl methyl sites for hydroxylation is 2. The van der Waals surface area contributed by atoms with Crippen molar-refractivity contribution >= 4 is 33.4 Å². The first-order valence-corrected chi connectivity index (χ1v) is 16.1. The molecule has 4 aliphatic heterocycles. The molecule has 3 amide bonds. The van der Waals surface area contributed by atoms with Gasteiger partial charge in [-0.05, 0) is 66.9 Å². The second kappa shape index (κ2) is 12.4. The Kier molecular flexibility index (Phi) is 8.38. The minimum atomic E-state index is -3.94. The van der Waals surface area contributed by atoms with Gasteiger partial charge >= 0.3 is 0 Å². The number of fused-ring (bicyclic) bond motifs is 8. The Morgan fingerprint density at radius 1 is 0.956 bits per heavy atom. The number of piperidine rings is 1. The van der Waals surface area contributed by atoms with Gasteiger partial charge in [0, 0.05) is 55.4 Å². The number of carbonyl (C=O) groups excluding carboxylic acids is 3. The summed E-state index contributed by atoms with van der Waals surface area (Å²) in [5.41, 5.74) is 3.14. The van der Waals surface area contributed by atoms with Crippen molar-refractivity contribution in [2.45, 2.75) is 49.8 Å². The molecule has 3 aromatic carbocycles. The van der Waals surface area contributed by atoms with Crippen LogP contribution < -0.4 is 30.2 Å². The molecular formula is C32H34N4O8S. The Morgan fingerprint density at radius 3 is 2.62 bits per heavy atom. The molecule has 0 spiro atoms. The minimum absolute atomic E-state index is 0.0323. The molecule has 4 heterocycles. The molecule has 0 saturated carbocycles. The van der Waals surface area contributed by atoms with E-state index in [1.807, 2.05) is 6.92 Å². The van der Waals surface area contributed by atoms with E-state index in [2.05, 4.69) is 16.0 Å². The zero-order valence-electron chi connectivity index (χ0n) is 24.9. The molecule has 4 bridgehead atoms. The van der Waals surface area contributed by atoms with Gasteiger partial charge in [0.1, 0.15) is 23.4 Å². The largest absolute Gasteiger partial charge is 0.496 e. The third-order valence-electron chi connectivity index (χ3n) is 8.27. The minimum Gasteiger partial charge on any atom is -0.496 e. The summed E-state index contributed by atoms with van der Waals surface area (Å²) in [5, 5.41) is 8.59. The average Bonchev–Trinajstić information content (AvgIpc) is 3.03. The number of amides is 3. The van der Waals surface area contributed by atoms with E-state index >= 15 is 0 Å². The van der Waals surface area contributed by atoms with Crippen molar-refractivity contribution in [2.75, 3.05) is 32.1 Å². The third-order valence-corrected chi connectivity index (χ3v) is 10.1. The Labute approximate surface area is 261 Å². The number of sulfonamides is 1. The molecule has 0 aromatic heterocycles. The summed E-state index contributed by atoms with van der Waals surface area (Å²) < 4.78 is 46.7. The summed E-state index contributed by atoms with van der Waals surface area (Å²) >= 11 is 0. The van der Waals surface area contributed by atoms with E-state index in [0.29, 0.717) is 41.3 Å². The molecule has 0 aliphatic carbocycles. The Hall–Kier alpha value is -4.62. The van der Waals surface area contributed by atoms with Crippen molar-refractivity contribution in [3.05, 3.63) is 76.9 Å². The quantitative estimate of drug-likeness (QED) is 0.398. The smallest absolute Gasteiger partial charge is 0.258 e. The molecule has 0 radical (unpaired) electrons. The van der Waals surface area contributed by atoms with Gasteiger partial charge in [-0.25, -0.2) is 8.42 Å². The molecule has 1 fully saturated rings. The summed E-state index contributed by atoms with van der Waals surface area (Å²) in [7, 11) is -2.42. The lowest BCUT2D eigenvalue weighted by Crippen LogP contribution is -2.58. The van der Waals surface area contributed by atoms with Crippen LogP contribution in [0.4, 0.5) is 5.69 Å². The maximum atomic E-state index is 13.9. The first kappa shape index (κ1) is 30.4. The number of methoxy groups -OCH3 is 1. The highest BCUT2D eigenvalue weighted by Gasteiger charge is 2.38. The maximum Gasteiger partial charge on any atom is 0.258 e. The second-order valence-corrected chi connectivity index (χ2v) is 13.2. The van der Waals surface area contributed by atoms with Crippen molar-refractivity contribution in [3.63, 3.8) is 0 Å². The first-order chi connectivity index (χ1) is 21.6. The van der Waals surface area contributed by atoms with Gasteiger partial charge in [-0.1, -0.05) is 6.07 Å². The number of nitrogens with one attached hydrogen (secondary N) is 3. The van der Waals surface area contributed by atoms with Crippen LogP contribution in [0, 0.1) is 6.92 Å². The average molecular weight is 635 g/mol. The summed E-state index contributed by atoms with van der Waals surface area (Å²) in [5.74, 6) is 0.481. The van der Waals surface area contributed by atoms with Crippen LogP contribution in [-0.2, 0) is 32.6 Å². The topological polar surface area (TPSA) is 152 Å². The number of anilines is 1. The van der Waals surface area contributed by atoms with Crippen molar-refractivity contribution in [2.24, 2.45) is 0 Å². The van der Waals surface area contributed by atoms with Gasteiger partial charge in [-0.15, -0.1) is 0 Å². The maximum absolute atomic E-state index is 13.9. The molecule has 0 unspecified atom stereocenters. The van der Waals surface area contributed by atoms with Gasteiger partial charge in [0.15, 0.2) is 6.61 Å². The van der Waals surface area contributed by atoms with Crippen molar-refractivity contribution in [3.8, 4) is 17.2 Å². The molecule has 4 aliphatic rings. The van der Waals surface area contributed by atoms with Crippen LogP contribution in [0.5, 0.6) is 17.2 Å². The van der Waals surface area contributed by atoms with E-state index in [9.17, 15) is 22.8 Å². The number of nitrogens with zero attached hydrogens (tertiary/aromatic N) is 1. The van der Waals surface area contributed by atoms with Gasteiger partial charge in [0.2, 0.25) is 15.9 Å². The van der Waals surface area contributed by atoms with Crippen LogP contribution in [0.15, 0.2) is 59.5 Å². The summed E-state index contributed by atoms with van der Waals surface area (Å²) in [6, 6.07) is 14.2. The monoisotopic (exact) mass is 634 g/mol. The first-order valence-electron chi connectivity index (χ1n) is 14.7. The molecule has 3 N–H and O–H groups in total. The van der Waals surface area contributed by atoms with Gasteiger partial charge < -0.3 is 30.2 Å². The molecule has 13 heteroatoms. The van der Waals surface area contributed by atoms with Crippen LogP contribution in [-0.4, -0.2) is 69.4 Å². The Bertz CT molecular complexity index is 1780. The molecule has 236 valence electrons. The predicted octanol–water partition coefficient (Wildman–Crippen LogP) is 2.54. The zero-order valence-corrected chi connectivity index (χ0v) is 25.7. The van der Waals surface area contributed by atoms with Crippen LogP contribution in [0.1, 0.15) is 39.9 Å². The zero-order chi connectivity index (χ0) is 31.7. The molecular weight excluding hydrogens is 600 g/mol. The van der Waals surface area contributed by atoms with Gasteiger partial charge in [0.05, 0.1) is 18.0 Å². The number of hydrogen-bond donors (Lipinski definition) is 3. The Balaban J connectivity index is 1.32. The Morgan fingerprint density at radius 2 is 1.80 bits per heavy atom. The highest BCUT2D eigenvalue weighted by Crippen LogP contribution is 2.31. The fraction of sp³-hybridized carbons (Fsp3) is 0.344. The second-order valence-electron chi connectivity index (χ2n) is 11.3. The predicted molar refractivity (Wildman–Crippen MR) is 164 cm³/mol. The lowest BCUT2D eigenvalue weighted by Gasteiger charge is -2.38. The van der Waals surface area contributed by atoms with Crippen LogP contribution in [0.2, 0.25) is 0 Å². The molecule has 7 rings (SSSR count). The molecule has 45 heavy (non-hydrogen) atoms. The number of ether oxygens (including phenoxy) is 3. The standard InChI is InChI=1S/C32H34N4O8S/c1-19-3-4-21-14-28(19)43-18-31(38)33-16-22-5-7-23(15-29(22)42-2)44-27-11-12-36(17-26(27)35-32(21)39)45(40,41)24-8-9-25-20(13-24)6-10-30(37)34-25/h3-5,7-9,13-15,26-27H,6,10-12,16-18H2,1-2H3,(H,33,38)(H,34,37)(H,35,39)/t26-,27+/m0/s1. The summed E-state index contributed by atoms with van der Waals surface area (Å²) in [4.78, 5) is 38.0. The van der Waals surface area contributed by atoms with E-state index < -0.39 is 28.1 Å². The van der Waals surface area contributed by atoms with Crippen molar-refractivity contribution < 1.29 is 37.0 Å². The van der Waals surface area contributed by atoms with Crippen LogP contribution in [0.3, 0.4) is 0 Å². The van der Waals surface area contributed by atoms with E-state index in [0.717, 1.165) is 16.7 Å². The normalized spacial score (nSPS) is 20.7. The van der Waals surface area contributed by atoms with Gasteiger partial charge in [0.25, 0.3) is 11.8 Å². The number of carbonyl (C=O) groups is 3. The van der Waals surface area contributed by atoms with Gasteiger partial charge in [-0.3, -0.25) is 14.4 Å². The lowest BCUT2D eigenvalue weighted by atomic mass is 10.0. The molecule has 3 aromatic rings. The van der Waals surface area contributed by atoms with Gasteiger partial charge in [-0.2, -0.15) is 4.31 Å². The van der Waals surface area contributed by atoms with Crippen LogP contribution >= 0.6 is 0 Å². The number of rotatable bonds is 3. The van der Waals surface area contributed by atoms with E-state index in [-0.39, 0.29) is 49.4 Å². The number of benzene rings is 3. The highest BCUT2D eigenvalue weighted by molar-refractivity contribution is 7.89. The van der Waals surface area contributed by atoms with E-state index in [1.54, 1.807) is 48.5 Å². The highest BCUT2D eigenvalue weighted by atomic mass is 32.2. The van der Waals surface area contributed by atoms with Crippen LogP contribution in [0.25, 0.3) is 0 Å². The molecule has 1 saturated heterocycles. The van der Waals surface area contributed by atoms with E-state index in [1.165, 1.54) is 17.5 Å².